The number of benzene rings is 3. The van der Waals surface area contributed by atoms with E-state index in [1.165, 1.54) is 6.92 Å². The Bertz CT molecular complexity index is 1750. The van der Waals surface area contributed by atoms with Gasteiger partial charge in [-0.2, -0.15) is 0 Å². The van der Waals surface area contributed by atoms with Crippen LogP contribution in [0.2, 0.25) is 0 Å². The lowest BCUT2D eigenvalue weighted by Gasteiger charge is -2.20. The summed E-state index contributed by atoms with van der Waals surface area (Å²) in [6.45, 7) is 6.06. The molecule has 0 aromatic heterocycles. The van der Waals surface area contributed by atoms with E-state index in [0.29, 0.717) is 97.5 Å². The number of aliphatic carboxylic acids is 1. The summed E-state index contributed by atoms with van der Waals surface area (Å²) in [5.74, 6) is -0.912. The smallest absolute Gasteiger partial charge is 0.305 e. The molecule has 18 nitrogen and oxygen atoms in total. The van der Waals surface area contributed by atoms with Crippen LogP contribution in [0.5, 0.6) is 5.75 Å². The number of fused-ring (bicyclic) bond motifs is 1. The predicted molar refractivity (Wildman–Crippen MR) is 216 cm³/mol. The first-order chi connectivity index (χ1) is 27.7. The number of carbonyl (C=O) groups excluding carboxylic acids is 2. The lowest BCUT2D eigenvalue weighted by Crippen LogP contribution is -2.44. The van der Waals surface area contributed by atoms with E-state index in [1.807, 2.05) is 60.7 Å². The predicted octanol–water partition coefficient (Wildman–Crippen LogP) is 3.04. The normalized spacial score (nSPS) is 11.9. The van der Waals surface area contributed by atoms with Crippen LogP contribution in [0.3, 0.4) is 0 Å². The van der Waals surface area contributed by atoms with Gasteiger partial charge in [0.05, 0.1) is 71.9 Å². The molecule has 0 saturated heterocycles. The van der Waals surface area contributed by atoms with Crippen LogP contribution in [-0.2, 0) is 33.3 Å². The number of carbonyl (C=O) groups is 3. The number of nitrogens with one attached hydrogen (secondary N) is 3. The van der Waals surface area contributed by atoms with Gasteiger partial charge >= 0.3 is 5.97 Å². The summed E-state index contributed by atoms with van der Waals surface area (Å²) in [6.07, 6.45) is 0.928. The van der Waals surface area contributed by atoms with Gasteiger partial charge in [0.15, 0.2) is 5.96 Å². The minimum atomic E-state index is -1.05. The molecule has 0 spiro atoms. The molecule has 0 aliphatic carbocycles. The molecule has 310 valence electrons. The monoisotopic (exact) mass is 793 g/mol. The van der Waals surface area contributed by atoms with Crippen molar-refractivity contribution in [1.82, 2.24) is 16.0 Å². The van der Waals surface area contributed by atoms with E-state index in [9.17, 15) is 19.5 Å². The first-order valence-corrected chi connectivity index (χ1v) is 18.8. The molecule has 0 bridgehead atoms. The Morgan fingerprint density at radius 2 is 1.44 bits per heavy atom. The summed E-state index contributed by atoms with van der Waals surface area (Å²) >= 11 is 0. The highest BCUT2D eigenvalue weighted by Gasteiger charge is 2.19. The number of ether oxygens (including phenoxy) is 5. The third-order valence-corrected chi connectivity index (χ3v) is 8.31. The number of amides is 2. The molecular formula is C39H55N9O9. The Labute approximate surface area is 332 Å². The molecule has 2 amide bonds. The van der Waals surface area contributed by atoms with Gasteiger partial charge in [-0.3, -0.25) is 19.4 Å². The van der Waals surface area contributed by atoms with E-state index in [-0.39, 0.29) is 36.8 Å². The Kier molecular flexibility index (Phi) is 21.9. The second-order valence-electron chi connectivity index (χ2n) is 12.7. The largest absolute Gasteiger partial charge is 0.491 e. The third kappa shape index (κ3) is 18.8. The van der Waals surface area contributed by atoms with Crippen molar-refractivity contribution in [3.63, 3.8) is 0 Å². The summed E-state index contributed by atoms with van der Waals surface area (Å²) in [7, 11) is 0. The quantitative estimate of drug-likeness (QED) is 0.0142. The van der Waals surface area contributed by atoms with Crippen molar-refractivity contribution in [2.45, 2.75) is 38.3 Å². The van der Waals surface area contributed by atoms with E-state index < -0.39 is 12.0 Å². The molecular weight excluding hydrogens is 738 g/mol. The van der Waals surface area contributed by atoms with Crippen molar-refractivity contribution in [3.05, 3.63) is 76.7 Å². The molecule has 2 atom stereocenters. The summed E-state index contributed by atoms with van der Waals surface area (Å²) in [5, 5.41) is 23.6. The maximum Gasteiger partial charge on any atom is 0.305 e. The SMILES string of the molecule is CC(=O)NC(CCCN=C(N)N)CNCC(=O)NC(CC(=O)O)c1ccc(-c2ccc(OCCOCCOCCOCCOCCN=[N+]=[N-])c3ccccc23)cc1. The highest BCUT2D eigenvalue weighted by atomic mass is 16.6. The zero-order valence-electron chi connectivity index (χ0n) is 32.4. The number of azide groups is 1. The first kappa shape index (κ1) is 45.9. The number of aliphatic imine (C=N–C) groups is 1. The molecule has 3 rings (SSSR count). The average Bonchev–Trinajstić information content (AvgIpc) is 3.18. The molecule has 3 aromatic rings. The fraction of sp³-hybridized carbons (Fsp3) is 0.487. The van der Waals surface area contributed by atoms with Crippen LogP contribution >= 0.6 is 0 Å². The highest BCUT2D eigenvalue weighted by molar-refractivity contribution is 6.00. The number of rotatable bonds is 30. The van der Waals surface area contributed by atoms with E-state index in [1.54, 1.807) is 0 Å². The second-order valence-corrected chi connectivity index (χ2v) is 12.7. The van der Waals surface area contributed by atoms with Gasteiger partial charge in [-0.1, -0.05) is 59.7 Å². The van der Waals surface area contributed by atoms with E-state index >= 15 is 0 Å². The van der Waals surface area contributed by atoms with Crippen molar-refractivity contribution in [3.8, 4) is 16.9 Å². The molecule has 0 aliphatic heterocycles. The molecule has 3 aromatic carbocycles. The van der Waals surface area contributed by atoms with E-state index in [2.05, 4.69) is 31.0 Å². The van der Waals surface area contributed by atoms with E-state index in [0.717, 1.165) is 27.6 Å². The Balaban J connectivity index is 1.47. The Morgan fingerprint density at radius 3 is 2.05 bits per heavy atom. The molecule has 57 heavy (non-hydrogen) atoms. The fourth-order valence-corrected chi connectivity index (χ4v) is 5.76. The minimum absolute atomic E-state index is 0.00167. The van der Waals surface area contributed by atoms with Crippen LogP contribution < -0.4 is 32.2 Å². The number of guanidine groups is 1. The summed E-state index contributed by atoms with van der Waals surface area (Å²) in [6, 6.07) is 18.3. The molecule has 0 fully saturated rings. The van der Waals surface area contributed by atoms with Gasteiger partial charge in [0, 0.05) is 42.9 Å². The van der Waals surface area contributed by atoms with Crippen LogP contribution in [0.1, 0.15) is 37.8 Å². The van der Waals surface area contributed by atoms with E-state index in [4.69, 9.17) is 40.7 Å². The van der Waals surface area contributed by atoms with Crippen LogP contribution in [0.15, 0.2) is 70.8 Å². The van der Waals surface area contributed by atoms with Crippen molar-refractivity contribution in [1.29, 1.82) is 0 Å². The minimum Gasteiger partial charge on any atom is -0.491 e. The fourth-order valence-electron chi connectivity index (χ4n) is 5.76. The zero-order chi connectivity index (χ0) is 41.1. The maximum atomic E-state index is 12.9. The highest BCUT2D eigenvalue weighted by Crippen LogP contribution is 2.35. The molecule has 0 radical (unpaired) electrons. The maximum absolute atomic E-state index is 12.9. The lowest BCUT2D eigenvalue weighted by molar-refractivity contribution is -0.137. The lowest BCUT2D eigenvalue weighted by atomic mass is 9.95. The number of nitrogens with zero attached hydrogens (tertiary/aromatic N) is 4. The van der Waals surface area contributed by atoms with Gasteiger partial charge in [-0.05, 0) is 46.5 Å². The molecule has 0 saturated carbocycles. The second kappa shape index (κ2) is 27.2. The Hall–Kier alpha value is -5.49. The molecule has 0 aliphatic rings. The van der Waals surface area contributed by atoms with Crippen molar-refractivity contribution < 1.29 is 43.2 Å². The van der Waals surface area contributed by atoms with Crippen molar-refractivity contribution in [2.75, 3.05) is 85.6 Å². The average molecular weight is 794 g/mol. The first-order valence-electron chi connectivity index (χ1n) is 18.8. The Morgan fingerprint density at radius 1 is 0.807 bits per heavy atom. The van der Waals surface area contributed by atoms with Gasteiger partial charge < -0.3 is 56.2 Å². The van der Waals surface area contributed by atoms with Crippen molar-refractivity contribution >= 4 is 34.5 Å². The molecule has 18 heteroatoms. The third-order valence-electron chi connectivity index (χ3n) is 8.31. The number of carboxylic acids is 1. The number of hydrogen-bond acceptors (Lipinski definition) is 11. The standard InChI is InChI=1S/C39H55N9O9/c1-28(49)46-31(5-4-14-44-39(40)41)26-43-27-37(50)47-35(25-38(51)52)30-10-8-29(9-11-30)32-12-13-36(34-7-3-2-6-33(32)34)57-24-23-56-22-21-55-20-19-54-18-17-53-16-15-45-48-42/h2-3,6-13,31,35,43H,4-5,14-27H2,1H3,(H,46,49)(H,47,50)(H,51,52)(H4,40,41,44). The van der Waals surface area contributed by atoms with Crippen LogP contribution in [0, 0.1) is 0 Å². The van der Waals surface area contributed by atoms with Crippen molar-refractivity contribution in [2.24, 2.45) is 21.6 Å². The van der Waals surface area contributed by atoms with Crippen LogP contribution in [0.4, 0.5) is 0 Å². The van der Waals surface area contributed by atoms with Gasteiger partial charge in [0.25, 0.3) is 0 Å². The van der Waals surface area contributed by atoms with Crippen LogP contribution in [0.25, 0.3) is 32.3 Å². The molecule has 0 heterocycles. The number of carboxylic acid groups (broad SMARTS) is 1. The summed E-state index contributed by atoms with van der Waals surface area (Å²) in [5.41, 5.74) is 21.5. The van der Waals surface area contributed by atoms with Gasteiger partial charge in [0.2, 0.25) is 11.8 Å². The van der Waals surface area contributed by atoms with Crippen LogP contribution in [-0.4, -0.2) is 121 Å². The summed E-state index contributed by atoms with van der Waals surface area (Å²) in [4.78, 5) is 42.9. The number of hydrogen-bond donors (Lipinski definition) is 6. The van der Waals surface area contributed by atoms with Gasteiger partial charge in [-0.15, -0.1) is 0 Å². The topological polar surface area (TPSA) is 267 Å². The van der Waals surface area contributed by atoms with Gasteiger partial charge in [-0.25, -0.2) is 0 Å². The molecule has 2 unspecified atom stereocenters. The van der Waals surface area contributed by atoms with Gasteiger partial charge in [0.1, 0.15) is 12.4 Å². The number of nitrogens with two attached hydrogens (primary N) is 2. The summed E-state index contributed by atoms with van der Waals surface area (Å²) < 4.78 is 27.9. The molecule has 8 N–H and O–H groups in total. The zero-order valence-corrected chi connectivity index (χ0v) is 32.4.